The van der Waals surface area contributed by atoms with E-state index in [-0.39, 0.29) is 17.2 Å². The van der Waals surface area contributed by atoms with Gasteiger partial charge in [0.25, 0.3) is 0 Å². The van der Waals surface area contributed by atoms with Gasteiger partial charge in [0.15, 0.2) is 5.69 Å². The third-order valence-electron chi connectivity index (χ3n) is 4.13. The van der Waals surface area contributed by atoms with Crippen molar-refractivity contribution in [3.63, 3.8) is 0 Å². The lowest BCUT2D eigenvalue weighted by Crippen LogP contribution is -2.39. The zero-order chi connectivity index (χ0) is 15.8. The average Bonchev–Trinajstić information content (AvgIpc) is 2.43. The summed E-state index contributed by atoms with van der Waals surface area (Å²) in [5.41, 5.74) is 1.78. The van der Waals surface area contributed by atoms with Crippen molar-refractivity contribution in [1.82, 2.24) is 4.98 Å². The van der Waals surface area contributed by atoms with Gasteiger partial charge in [-0.1, -0.05) is 39.0 Å². The summed E-state index contributed by atoms with van der Waals surface area (Å²) in [6.07, 6.45) is 0. The largest absolute Gasteiger partial charge is 0.477 e. The van der Waals surface area contributed by atoms with E-state index in [0.29, 0.717) is 5.52 Å². The van der Waals surface area contributed by atoms with E-state index in [0.717, 1.165) is 11.1 Å². The quantitative estimate of drug-likeness (QED) is 0.932. The summed E-state index contributed by atoms with van der Waals surface area (Å²) in [7, 11) is 2.00. The molecule has 21 heavy (non-hydrogen) atoms. The third kappa shape index (κ3) is 2.99. The minimum absolute atomic E-state index is 0.0802. The SMILES string of the molecule is CC(N(C)c1cc(C(=O)O)nc2ccccc12)C(C)(C)C. The molecule has 0 spiro atoms. The Bertz CT molecular complexity index is 674. The van der Waals surface area contributed by atoms with Crippen molar-refractivity contribution >= 4 is 22.6 Å². The molecule has 0 amide bonds. The summed E-state index contributed by atoms with van der Waals surface area (Å²) in [5, 5.41) is 10.2. The number of carbonyl (C=O) groups is 1. The number of aromatic carboxylic acids is 1. The number of nitrogens with zero attached hydrogens (tertiary/aromatic N) is 2. The lowest BCUT2D eigenvalue weighted by atomic mass is 9.86. The Morgan fingerprint density at radius 3 is 2.48 bits per heavy atom. The van der Waals surface area contributed by atoms with Gasteiger partial charge in [-0.2, -0.15) is 0 Å². The first-order valence-corrected chi connectivity index (χ1v) is 7.07. The smallest absolute Gasteiger partial charge is 0.354 e. The van der Waals surface area contributed by atoms with Gasteiger partial charge in [0, 0.05) is 24.2 Å². The van der Waals surface area contributed by atoms with Gasteiger partial charge in [-0.05, 0) is 24.5 Å². The van der Waals surface area contributed by atoms with Crippen LogP contribution in [0, 0.1) is 5.41 Å². The summed E-state index contributed by atoms with van der Waals surface area (Å²) in [6, 6.07) is 9.56. The normalized spacial score (nSPS) is 13.2. The Balaban J connectivity index is 2.63. The van der Waals surface area contributed by atoms with E-state index in [1.165, 1.54) is 0 Å². The van der Waals surface area contributed by atoms with E-state index in [1.54, 1.807) is 6.07 Å². The van der Waals surface area contributed by atoms with Crippen molar-refractivity contribution < 1.29 is 9.90 Å². The highest BCUT2D eigenvalue weighted by Crippen LogP contribution is 2.32. The maximum absolute atomic E-state index is 11.3. The van der Waals surface area contributed by atoms with Crippen molar-refractivity contribution in [3.05, 3.63) is 36.0 Å². The van der Waals surface area contributed by atoms with Crippen LogP contribution < -0.4 is 4.90 Å². The van der Waals surface area contributed by atoms with E-state index in [2.05, 4.69) is 37.6 Å². The molecule has 0 fully saturated rings. The number of para-hydroxylation sites is 1. The third-order valence-corrected chi connectivity index (χ3v) is 4.13. The molecule has 112 valence electrons. The summed E-state index contributed by atoms with van der Waals surface area (Å²) in [4.78, 5) is 17.7. The van der Waals surface area contributed by atoms with Gasteiger partial charge in [0.05, 0.1) is 5.52 Å². The number of benzene rings is 1. The first kappa shape index (κ1) is 15.3. The van der Waals surface area contributed by atoms with Crippen LogP contribution in [0.25, 0.3) is 10.9 Å². The predicted octanol–water partition coefficient (Wildman–Crippen LogP) is 3.80. The van der Waals surface area contributed by atoms with Gasteiger partial charge < -0.3 is 10.0 Å². The summed E-state index contributed by atoms with van der Waals surface area (Å²) in [5.74, 6) is -1.00. The van der Waals surface area contributed by atoms with E-state index >= 15 is 0 Å². The molecular weight excluding hydrogens is 264 g/mol. The van der Waals surface area contributed by atoms with E-state index in [4.69, 9.17) is 0 Å². The maximum atomic E-state index is 11.3. The number of rotatable bonds is 3. The topological polar surface area (TPSA) is 53.4 Å². The van der Waals surface area contributed by atoms with Gasteiger partial charge in [0.2, 0.25) is 0 Å². The monoisotopic (exact) mass is 286 g/mol. The minimum atomic E-state index is -1.00. The van der Waals surface area contributed by atoms with Crippen molar-refractivity contribution in [3.8, 4) is 0 Å². The minimum Gasteiger partial charge on any atom is -0.477 e. The predicted molar refractivity (Wildman–Crippen MR) is 86.0 cm³/mol. The number of carboxylic acid groups (broad SMARTS) is 1. The molecule has 4 nitrogen and oxygen atoms in total. The Hall–Kier alpha value is -2.10. The van der Waals surface area contributed by atoms with Crippen molar-refractivity contribution in [1.29, 1.82) is 0 Å². The first-order chi connectivity index (χ1) is 9.71. The zero-order valence-electron chi connectivity index (χ0n) is 13.2. The molecule has 0 radical (unpaired) electrons. The highest BCUT2D eigenvalue weighted by Gasteiger charge is 2.26. The first-order valence-electron chi connectivity index (χ1n) is 7.07. The van der Waals surface area contributed by atoms with E-state index in [1.807, 2.05) is 31.3 Å². The maximum Gasteiger partial charge on any atom is 0.354 e. The molecule has 1 aromatic heterocycles. The number of carboxylic acids is 1. The fourth-order valence-corrected chi connectivity index (χ4v) is 2.35. The molecule has 1 N–H and O–H groups in total. The number of aromatic nitrogens is 1. The van der Waals surface area contributed by atoms with Crippen molar-refractivity contribution in [2.45, 2.75) is 33.7 Å². The summed E-state index contributed by atoms with van der Waals surface area (Å²) in [6.45, 7) is 8.68. The molecule has 1 heterocycles. The molecule has 0 saturated carbocycles. The van der Waals surface area contributed by atoms with Gasteiger partial charge in [-0.25, -0.2) is 9.78 Å². The molecule has 4 heteroatoms. The van der Waals surface area contributed by atoms with Gasteiger partial charge in [-0.15, -0.1) is 0 Å². The van der Waals surface area contributed by atoms with E-state index < -0.39 is 5.97 Å². The molecule has 1 unspecified atom stereocenters. The number of pyridine rings is 1. The van der Waals surface area contributed by atoms with E-state index in [9.17, 15) is 9.90 Å². The molecule has 0 aliphatic carbocycles. The number of fused-ring (bicyclic) bond motifs is 1. The fourth-order valence-electron chi connectivity index (χ4n) is 2.35. The van der Waals surface area contributed by atoms with Crippen molar-refractivity contribution in [2.24, 2.45) is 5.41 Å². The Morgan fingerprint density at radius 1 is 1.29 bits per heavy atom. The van der Waals surface area contributed by atoms with Crippen LogP contribution in [0.3, 0.4) is 0 Å². The molecule has 0 saturated heterocycles. The van der Waals surface area contributed by atoms with Crippen LogP contribution in [0.4, 0.5) is 5.69 Å². The van der Waals surface area contributed by atoms with Crippen LogP contribution >= 0.6 is 0 Å². The summed E-state index contributed by atoms with van der Waals surface area (Å²) < 4.78 is 0. The molecular formula is C17H22N2O2. The van der Waals surface area contributed by atoms with Crippen LogP contribution in [0.1, 0.15) is 38.2 Å². The second-order valence-corrected chi connectivity index (χ2v) is 6.50. The zero-order valence-corrected chi connectivity index (χ0v) is 13.2. The van der Waals surface area contributed by atoms with Crippen molar-refractivity contribution in [2.75, 3.05) is 11.9 Å². The van der Waals surface area contributed by atoms with Crippen LogP contribution in [0.5, 0.6) is 0 Å². The molecule has 2 rings (SSSR count). The van der Waals surface area contributed by atoms with Gasteiger partial charge in [-0.3, -0.25) is 0 Å². The average molecular weight is 286 g/mol. The van der Waals surface area contributed by atoms with Crippen LogP contribution in [0.2, 0.25) is 0 Å². The second-order valence-electron chi connectivity index (χ2n) is 6.50. The second kappa shape index (κ2) is 5.35. The highest BCUT2D eigenvalue weighted by atomic mass is 16.4. The lowest BCUT2D eigenvalue weighted by Gasteiger charge is -2.37. The van der Waals surface area contributed by atoms with Crippen LogP contribution in [-0.4, -0.2) is 29.1 Å². The standard InChI is InChI=1S/C17H22N2O2/c1-11(17(2,3)4)19(5)15-10-14(16(20)21)18-13-9-7-6-8-12(13)15/h6-11H,1-5H3,(H,20,21). The van der Waals surface area contributed by atoms with Gasteiger partial charge >= 0.3 is 5.97 Å². The molecule has 1 atom stereocenters. The number of anilines is 1. The Labute approximate surface area is 125 Å². The lowest BCUT2D eigenvalue weighted by molar-refractivity contribution is 0.0691. The summed E-state index contributed by atoms with van der Waals surface area (Å²) >= 11 is 0. The molecule has 1 aromatic carbocycles. The molecule has 2 aromatic rings. The van der Waals surface area contributed by atoms with Crippen LogP contribution in [0.15, 0.2) is 30.3 Å². The Morgan fingerprint density at radius 2 is 1.90 bits per heavy atom. The molecule has 0 aliphatic rings. The highest BCUT2D eigenvalue weighted by molar-refractivity contribution is 5.97. The Kier molecular flexibility index (Phi) is 3.90. The van der Waals surface area contributed by atoms with Crippen LogP contribution in [-0.2, 0) is 0 Å². The molecule has 0 aliphatic heterocycles. The number of hydrogen-bond donors (Lipinski definition) is 1. The molecule has 0 bridgehead atoms. The van der Waals surface area contributed by atoms with Gasteiger partial charge in [0.1, 0.15) is 0 Å². The fraction of sp³-hybridized carbons (Fsp3) is 0.412. The number of hydrogen-bond acceptors (Lipinski definition) is 3.